The monoisotopic (exact) mass is 347 g/mol. The Morgan fingerprint density at radius 3 is 2.42 bits per heavy atom. The molecular formula is C22H25N3O. The topological polar surface area (TPSA) is 45.2 Å². The van der Waals surface area contributed by atoms with Gasteiger partial charge >= 0.3 is 0 Å². The number of rotatable bonds is 5. The van der Waals surface area contributed by atoms with Gasteiger partial charge in [-0.2, -0.15) is 0 Å². The number of carbonyl (C=O) groups excluding carboxylic acids is 1. The molecule has 3 rings (SSSR count). The van der Waals surface area contributed by atoms with Crippen molar-refractivity contribution in [2.24, 2.45) is 0 Å². The van der Waals surface area contributed by atoms with Crippen LogP contribution in [0.25, 0.3) is 10.9 Å². The molecule has 1 amide bonds. The van der Waals surface area contributed by atoms with Gasteiger partial charge in [0.25, 0.3) is 5.91 Å². The highest BCUT2D eigenvalue weighted by molar-refractivity contribution is 6.06. The van der Waals surface area contributed by atoms with E-state index in [1.807, 2.05) is 49.4 Å². The molecule has 0 saturated heterocycles. The van der Waals surface area contributed by atoms with Gasteiger partial charge in [0, 0.05) is 29.7 Å². The number of nitrogens with zero attached hydrogens (tertiary/aromatic N) is 2. The van der Waals surface area contributed by atoms with Crippen molar-refractivity contribution in [3.8, 4) is 0 Å². The Morgan fingerprint density at radius 1 is 1.00 bits per heavy atom. The van der Waals surface area contributed by atoms with Crippen molar-refractivity contribution in [3.63, 3.8) is 0 Å². The summed E-state index contributed by atoms with van der Waals surface area (Å²) in [5.41, 5.74) is 4.54. The Morgan fingerprint density at radius 2 is 1.73 bits per heavy atom. The van der Waals surface area contributed by atoms with E-state index in [9.17, 15) is 4.79 Å². The standard InChI is InChI=1S/C22H25N3O/c1-5-25(6-2)21-13-16(4)19-14-17(11-12-20(19)24-21)23-22(26)18-10-8-7-9-15(18)3/h7-14H,5-6H2,1-4H3,(H,23,26). The highest BCUT2D eigenvalue weighted by atomic mass is 16.1. The predicted molar refractivity (Wildman–Crippen MR) is 109 cm³/mol. The first-order chi connectivity index (χ1) is 12.5. The smallest absolute Gasteiger partial charge is 0.255 e. The molecule has 0 saturated carbocycles. The van der Waals surface area contributed by atoms with Crippen LogP contribution in [0, 0.1) is 13.8 Å². The molecule has 0 fully saturated rings. The van der Waals surface area contributed by atoms with Crippen LogP contribution in [0.5, 0.6) is 0 Å². The van der Waals surface area contributed by atoms with Crippen molar-refractivity contribution in [3.05, 3.63) is 65.2 Å². The molecule has 0 spiro atoms. The Kier molecular flexibility index (Phi) is 5.21. The third-order valence-electron chi connectivity index (χ3n) is 4.74. The summed E-state index contributed by atoms with van der Waals surface area (Å²) in [4.78, 5) is 19.6. The number of benzene rings is 2. The van der Waals surface area contributed by atoms with E-state index in [0.29, 0.717) is 5.56 Å². The second-order valence-corrected chi connectivity index (χ2v) is 6.47. The second-order valence-electron chi connectivity index (χ2n) is 6.47. The van der Waals surface area contributed by atoms with E-state index in [1.165, 1.54) is 0 Å². The fourth-order valence-electron chi connectivity index (χ4n) is 3.19. The van der Waals surface area contributed by atoms with Crippen molar-refractivity contribution in [2.75, 3.05) is 23.3 Å². The van der Waals surface area contributed by atoms with Gasteiger partial charge in [0.05, 0.1) is 5.52 Å². The summed E-state index contributed by atoms with van der Waals surface area (Å²) < 4.78 is 0. The lowest BCUT2D eigenvalue weighted by atomic mass is 10.1. The molecule has 4 heteroatoms. The fourth-order valence-corrected chi connectivity index (χ4v) is 3.19. The van der Waals surface area contributed by atoms with Crippen molar-refractivity contribution in [2.45, 2.75) is 27.7 Å². The minimum Gasteiger partial charge on any atom is -0.357 e. The highest BCUT2D eigenvalue weighted by Gasteiger charge is 2.11. The SMILES string of the molecule is CCN(CC)c1cc(C)c2cc(NC(=O)c3ccccc3C)ccc2n1. The summed E-state index contributed by atoms with van der Waals surface area (Å²) in [6.45, 7) is 10.2. The molecule has 0 aliphatic carbocycles. The number of aryl methyl sites for hydroxylation is 2. The first-order valence-electron chi connectivity index (χ1n) is 9.06. The summed E-state index contributed by atoms with van der Waals surface area (Å²) in [5, 5.41) is 4.06. The third kappa shape index (κ3) is 3.54. The Bertz CT molecular complexity index is 945. The molecule has 1 aromatic heterocycles. The van der Waals surface area contributed by atoms with Crippen LogP contribution < -0.4 is 10.2 Å². The molecule has 0 aliphatic heterocycles. The van der Waals surface area contributed by atoms with Gasteiger partial charge in [0.2, 0.25) is 0 Å². The maximum Gasteiger partial charge on any atom is 0.255 e. The molecule has 1 N–H and O–H groups in total. The number of hydrogen-bond acceptors (Lipinski definition) is 3. The van der Waals surface area contributed by atoms with Crippen molar-refractivity contribution in [1.82, 2.24) is 4.98 Å². The number of nitrogens with one attached hydrogen (secondary N) is 1. The largest absolute Gasteiger partial charge is 0.357 e. The minimum absolute atomic E-state index is 0.0900. The van der Waals surface area contributed by atoms with Gasteiger partial charge in [-0.25, -0.2) is 4.98 Å². The predicted octanol–water partition coefficient (Wildman–Crippen LogP) is 4.95. The Labute approximate surface area is 154 Å². The van der Waals surface area contributed by atoms with Crippen LogP contribution in [0.2, 0.25) is 0 Å². The first-order valence-corrected chi connectivity index (χ1v) is 9.06. The Balaban J connectivity index is 1.92. The molecule has 0 bridgehead atoms. The Hall–Kier alpha value is -2.88. The molecule has 3 aromatic rings. The van der Waals surface area contributed by atoms with Gasteiger partial charge < -0.3 is 10.2 Å². The van der Waals surface area contributed by atoms with Crippen LogP contribution in [-0.2, 0) is 0 Å². The quantitative estimate of drug-likeness (QED) is 0.710. The van der Waals surface area contributed by atoms with Gasteiger partial charge in [-0.3, -0.25) is 4.79 Å². The van der Waals surface area contributed by atoms with Crippen molar-refractivity contribution in [1.29, 1.82) is 0 Å². The molecule has 0 atom stereocenters. The van der Waals surface area contributed by atoms with Gasteiger partial charge in [0.15, 0.2) is 0 Å². The van der Waals surface area contributed by atoms with E-state index in [-0.39, 0.29) is 5.91 Å². The molecule has 134 valence electrons. The van der Waals surface area contributed by atoms with Gasteiger partial charge in [0.1, 0.15) is 5.82 Å². The number of amides is 1. The first kappa shape index (κ1) is 17.9. The molecule has 26 heavy (non-hydrogen) atoms. The molecule has 4 nitrogen and oxygen atoms in total. The zero-order chi connectivity index (χ0) is 18.7. The van der Waals surface area contributed by atoms with Gasteiger partial charge in [-0.15, -0.1) is 0 Å². The van der Waals surface area contributed by atoms with Crippen LogP contribution in [-0.4, -0.2) is 24.0 Å². The van der Waals surface area contributed by atoms with E-state index in [0.717, 1.165) is 46.6 Å². The fraction of sp³-hybridized carbons (Fsp3) is 0.273. The lowest BCUT2D eigenvalue weighted by molar-refractivity contribution is 0.102. The minimum atomic E-state index is -0.0900. The zero-order valence-electron chi connectivity index (χ0n) is 15.8. The summed E-state index contributed by atoms with van der Waals surface area (Å²) in [6.07, 6.45) is 0. The summed E-state index contributed by atoms with van der Waals surface area (Å²) in [5.74, 6) is 0.907. The molecule has 1 heterocycles. The highest BCUT2D eigenvalue weighted by Crippen LogP contribution is 2.25. The summed E-state index contributed by atoms with van der Waals surface area (Å²) >= 11 is 0. The lowest BCUT2D eigenvalue weighted by Crippen LogP contribution is -2.23. The van der Waals surface area contributed by atoms with Crippen LogP contribution in [0.3, 0.4) is 0 Å². The summed E-state index contributed by atoms with van der Waals surface area (Å²) in [7, 11) is 0. The molecule has 0 radical (unpaired) electrons. The number of carbonyl (C=O) groups is 1. The zero-order valence-corrected chi connectivity index (χ0v) is 15.8. The normalized spacial score (nSPS) is 10.8. The second kappa shape index (κ2) is 7.56. The number of anilines is 2. The number of fused-ring (bicyclic) bond motifs is 1. The van der Waals surface area contributed by atoms with E-state index in [4.69, 9.17) is 4.98 Å². The third-order valence-corrected chi connectivity index (χ3v) is 4.74. The molecular weight excluding hydrogens is 322 g/mol. The van der Waals surface area contributed by atoms with Crippen LogP contribution >= 0.6 is 0 Å². The molecule has 0 unspecified atom stereocenters. The number of hydrogen-bond donors (Lipinski definition) is 1. The molecule has 0 aliphatic rings. The van der Waals surface area contributed by atoms with E-state index in [1.54, 1.807) is 0 Å². The maximum atomic E-state index is 12.5. The lowest BCUT2D eigenvalue weighted by Gasteiger charge is -2.21. The average Bonchev–Trinajstić information content (AvgIpc) is 2.63. The molecule has 2 aromatic carbocycles. The summed E-state index contributed by atoms with van der Waals surface area (Å²) in [6, 6.07) is 15.6. The van der Waals surface area contributed by atoms with Crippen LogP contribution in [0.15, 0.2) is 48.5 Å². The van der Waals surface area contributed by atoms with Gasteiger partial charge in [-0.1, -0.05) is 18.2 Å². The van der Waals surface area contributed by atoms with E-state index < -0.39 is 0 Å². The van der Waals surface area contributed by atoms with Gasteiger partial charge in [-0.05, 0) is 69.2 Å². The van der Waals surface area contributed by atoms with Crippen LogP contribution in [0.4, 0.5) is 11.5 Å². The van der Waals surface area contributed by atoms with E-state index in [2.05, 4.69) is 37.1 Å². The van der Waals surface area contributed by atoms with Crippen molar-refractivity contribution < 1.29 is 4.79 Å². The van der Waals surface area contributed by atoms with Crippen LogP contribution in [0.1, 0.15) is 35.3 Å². The maximum absolute atomic E-state index is 12.5. The number of aromatic nitrogens is 1. The number of pyridine rings is 1. The van der Waals surface area contributed by atoms with E-state index >= 15 is 0 Å². The van der Waals surface area contributed by atoms with Crippen molar-refractivity contribution >= 4 is 28.3 Å². The average molecular weight is 347 g/mol.